The molecule has 1 aliphatic carbocycles. The van der Waals surface area contributed by atoms with Gasteiger partial charge in [0.1, 0.15) is 5.75 Å². The van der Waals surface area contributed by atoms with E-state index in [0.29, 0.717) is 13.2 Å². The lowest BCUT2D eigenvalue weighted by Crippen LogP contribution is -2.43. The Labute approximate surface area is 150 Å². The van der Waals surface area contributed by atoms with Gasteiger partial charge >= 0.3 is 0 Å². The van der Waals surface area contributed by atoms with E-state index in [1.54, 1.807) is 0 Å². The van der Waals surface area contributed by atoms with Crippen LogP contribution in [0.3, 0.4) is 0 Å². The lowest BCUT2D eigenvalue weighted by molar-refractivity contribution is 0.00715. The molecule has 1 aromatic rings. The highest BCUT2D eigenvalue weighted by molar-refractivity contribution is 5.80. The number of aliphatic imine (C=N–C) groups is 1. The van der Waals surface area contributed by atoms with Gasteiger partial charge in [0.15, 0.2) is 5.96 Å². The summed E-state index contributed by atoms with van der Waals surface area (Å²) >= 11 is 0. The third kappa shape index (κ3) is 4.27. The third-order valence-electron chi connectivity index (χ3n) is 5.49. The van der Waals surface area contributed by atoms with Crippen molar-refractivity contribution in [2.45, 2.75) is 58.1 Å². The van der Waals surface area contributed by atoms with Gasteiger partial charge in [0, 0.05) is 23.9 Å². The van der Waals surface area contributed by atoms with Gasteiger partial charge in [0.2, 0.25) is 0 Å². The van der Waals surface area contributed by atoms with Crippen LogP contribution in [0.25, 0.3) is 0 Å². The van der Waals surface area contributed by atoms with Crippen LogP contribution in [0.4, 0.5) is 0 Å². The largest absolute Gasteiger partial charge is 0.493 e. The summed E-state index contributed by atoms with van der Waals surface area (Å²) in [5, 5.41) is 17.3. The first-order valence-corrected chi connectivity index (χ1v) is 9.57. The number of nitrogens with one attached hydrogen (secondary N) is 2. The highest BCUT2D eigenvalue weighted by Crippen LogP contribution is 2.36. The van der Waals surface area contributed by atoms with E-state index in [4.69, 9.17) is 9.73 Å². The number of aliphatic hydroxyl groups is 1. The van der Waals surface area contributed by atoms with E-state index in [9.17, 15) is 5.11 Å². The minimum Gasteiger partial charge on any atom is -0.493 e. The standard InChI is InChI=1S/C20H31N3O2/c1-3-21-19(22-14-20(2)12-7-6-10-18(20)24)23-16-11-13-25-17-9-5-4-8-15(16)17/h4-5,8-9,16,18,24H,3,6-7,10-14H2,1-2H3,(H2,21,22,23). The molecule has 138 valence electrons. The van der Waals surface area contributed by atoms with E-state index in [1.165, 1.54) is 12.0 Å². The molecule has 0 amide bonds. The van der Waals surface area contributed by atoms with Gasteiger partial charge in [-0.25, -0.2) is 0 Å². The van der Waals surface area contributed by atoms with Crippen LogP contribution in [0.1, 0.15) is 57.6 Å². The summed E-state index contributed by atoms with van der Waals surface area (Å²) in [6.07, 6.45) is 4.90. The fraction of sp³-hybridized carbons (Fsp3) is 0.650. The van der Waals surface area contributed by atoms with Gasteiger partial charge in [-0.05, 0) is 25.8 Å². The molecule has 0 bridgehead atoms. The Morgan fingerprint density at radius 1 is 1.32 bits per heavy atom. The third-order valence-corrected chi connectivity index (χ3v) is 5.49. The Bertz CT molecular complexity index is 604. The van der Waals surface area contributed by atoms with Crippen LogP contribution in [-0.4, -0.2) is 36.9 Å². The normalized spacial score (nSPS) is 29.5. The van der Waals surface area contributed by atoms with E-state index in [-0.39, 0.29) is 17.6 Å². The molecule has 0 spiro atoms. The quantitative estimate of drug-likeness (QED) is 0.580. The van der Waals surface area contributed by atoms with E-state index >= 15 is 0 Å². The van der Waals surface area contributed by atoms with Crippen LogP contribution in [0.2, 0.25) is 0 Å². The number of ether oxygens (including phenoxy) is 1. The van der Waals surface area contributed by atoms with Crippen LogP contribution < -0.4 is 15.4 Å². The molecular formula is C20H31N3O2. The average Bonchev–Trinajstić information content (AvgIpc) is 2.63. The maximum absolute atomic E-state index is 10.4. The van der Waals surface area contributed by atoms with Crippen LogP contribution in [0, 0.1) is 5.41 Å². The Kier molecular flexibility index (Phi) is 5.84. The summed E-state index contributed by atoms with van der Waals surface area (Å²) in [5.74, 6) is 1.78. The Morgan fingerprint density at radius 2 is 2.16 bits per heavy atom. The van der Waals surface area contributed by atoms with Gasteiger partial charge in [0.25, 0.3) is 0 Å². The van der Waals surface area contributed by atoms with Crippen LogP contribution in [0.15, 0.2) is 29.3 Å². The van der Waals surface area contributed by atoms with Gasteiger partial charge in [-0.3, -0.25) is 4.99 Å². The summed E-state index contributed by atoms with van der Waals surface area (Å²) in [7, 11) is 0. The van der Waals surface area contributed by atoms with Gasteiger partial charge in [-0.2, -0.15) is 0 Å². The molecule has 1 fully saturated rings. The number of benzene rings is 1. The minimum atomic E-state index is -0.253. The first-order chi connectivity index (χ1) is 12.1. The number of fused-ring (bicyclic) bond motifs is 1. The van der Waals surface area contributed by atoms with Gasteiger partial charge in [-0.1, -0.05) is 38.0 Å². The number of para-hydroxylation sites is 1. The number of hydrogen-bond acceptors (Lipinski definition) is 3. The predicted octanol–water partition coefficient (Wildman–Crippen LogP) is 3.01. The minimum absolute atomic E-state index is 0.117. The van der Waals surface area contributed by atoms with Crippen molar-refractivity contribution in [1.29, 1.82) is 0 Å². The smallest absolute Gasteiger partial charge is 0.191 e. The fourth-order valence-electron chi connectivity index (χ4n) is 3.80. The monoisotopic (exact) mass is 345 g/mol. The Morgan fingerprint density at radius 3 is 2.96 bits per heavy atom. The molecule has 5 heteroatoms. The maximum Gasteiger partial charge on any atom is 0.191 e. The van der Waals surface area contributed by atoms with Crippen LogP contribution in [0.5, 0.6) is 5.75 Å². The summed E-state index contributed by atoms with van der Waals surface area (Å²) < 4.78 is 5.75. The summed E-state index contributed by atoms with van der Waals surface area (Å²) in [6.45, 7) is 6.41. The van der Waals surface area contributed by atoms with E-state index in [2.05, 4.69) is 30.5 Å². The Hall–Kier alpha value is -1.75. The highest BCUT2D eigenvalue weighted by atomic mass is 16.5. The van der Waals surface area contributed by atoms with Crippen molar-refractivity contribution >= 4 is 5.96 Å². The van der Waals surface area contributed by atoms with Gasteiger partial charge in [-0.15, -0.1) is 0 Å². The molecule has 0 aromatic heterocycles. The first-order valence-electron chi connectivity index (χ1n) is 9.57. The second-order valence-corrected chi connectivity index (χ2v) is 7.48. The predicted molar refractivity (Wildman–Crippen MR) is 101 cm³/mol. The lowest BCUT2D eigenvalue weighted by atomic mass is 9.73. The summed E-state index contributed by atoms with van der Waals surface area (Å²) in [4.78, 5) is 4.82. The van der Waals surface area contributed by atoms with E-state index in [0.717, 1.165) is 43.9 Å². The molecule has 1 heterocycles. The zero-order valence-corrected chi connectivity index (χ0v) is 15.4. The molecule has 25 heavy (non-hydrogen) atoms. The second kappa shape index (κ2) is 8.09. The first kappa shape index (κ1) is 18.1. The number of aliphatic hydroxyl groups excluding tert-OH is 1. The van der Waals surface area contributed by atoms with Crippen molar-refractivity contribution in [3.05, 3.63) is 29.8 Å². The molecule has 1 aromatic carbocycles. The average molecular weight is 345 g/mol. The van der Waals surface area contributed by atoms with Crippen molar-refractivity contribution in [2.75, 3.05) is 19.7 Å². The molecule has 0 radical (unpaired) electrons. The summed E-state index contributed by atoms with van der Waals surface area (Å²) in [5.41, 5.74) is 1.07. The van der Waals surface area contributed by atoms with Crippen LogP contribution >= 0.6 is 0 Å². The van der Waals surface area contributed by atoms with Crippen molar-refractivity contribution in [1.82, 2.24) is 10.6 Å². The Balaban J connectivity index is 1.71. The van der Waals surface area contributed by atoms with Crippen molar-refractivity contribution in [3.8, 4) is 5.75 Å². The number of guanidine groups is 1. The topological polar surface area (TPSA) is 65.9 Å². The highest BCUT2D eigenvalue weighted by Gasteiger charge is 2.35. The SMILES string of the molecule is CCNC(=NCC1(C)CCCCC1O)NC1CCOc2ccccc21. The molecular weight excluding hydrogens is 314 g/mol. The zero-order chi connectivity index (χ0) is 17.7. The molecule has 0 saturated heterocycles. The molecule has 3 rings (SSSR count). The van der Waals surface area contributed by atoms with E-state index in [1.807, 2.05) is 18.2 Å². The number of nitrogens with zero attached hydrogens (tertiary/aromatic N) is 1. The molecule has 3 unspecified atom stereocenters. The summed E-state index contributed by atoms with van der Waals surface area (Å²) in [6, 6.07) is 8.39. The van der Waals surface area contributed by atoms with E-state index < -0.39 is 0 Å². The van der Waals surface area contributed by atoms with Crippen molar-refractivity contribution in [2.24, 2.45) is 10.4 Å². The van der Waals surface area contributed by atoms with Crippen molar-refractivity contribution < 1.29 is 9.84 Å². The maximum atomic E-state index is 10.4. The second-order valence-electron chi connectivity index (χ2n) is 7.48. The zero-order valence-electron chi connectivity index (χ0n) is 15.4. The molecule has 5 nitrogen and oxygen atoms in total. The van der Waals surface area contributed by atoms with Gasteiger partial charge in [0.05, 0.1) is 25.3 Å². The van der Waals surface area contributed by atoms with Gasteiger partial charge < -0.3 is 20.5 Å². The fourth-order valence-corrected chi connectivity index (χ4v) is 3.80. The number of hydrogen-bond donors (Lipinski definition) is 3. The molecule has 3 atom stereocenters. The lowest BCUT2D eigenvalue weighted by Gasteiger charge is -2.37. The molecule has 3 N–H and O–H groups in total. The van der Waals surface area contributed by atoms with Crippen LogP contribution in [-0.2, 0) is 0 Å². The molecule has 1 aliphatic heterocycles. The molecule has 2 aliphatic rings. The number of rotatable bonds is 4. The van der Waals surface area contributed by atoms with Crippen molar-refractivity contribution in [3.63, 3.8) is 0 Å². The molecule has 1 saturated carbocycles.